The number of rotatable bonds is 8. The molecule has 1 aromatic carbocycles. The van der Waals surface area contributed by atoms with E-state index in [1.807, 2.05) is 27.7 Å². The topological polar surface area (TPSA) is 138 Å². The molecule has 3 N–H and O–H groups in total. The van der Waals surface area contributed by atoms with Gasteiger partial charge in [-0.3, -0.25) is 4.79 Å². The number of aliphatic hydroxyl groups is 1. The Hall–Kier alpha value is -2.71. The van der Waals surface area contributed by atoms with Crippen LogP contribution in [0.4, 0.5) is 10.5 Å². The highest BCUT2D eigenvalue weighted by Crippen LogP contribution is 2.29. The lowest BCUT2D eigenvalue weighted by Gasteiger charge is -2.35. The number of anilines is 1. The molecule has 0 unspecified atom stereocenters. The van der Waals surface area contributed by atoms with Crippen LogP contribution in [0, 0.1) is 5.92 Å². The Labute approximate surface area is 259 Å². The van der Waals surface area contributed by atoms with E-state index in [1.54, 1.807) is 47.5 Å². The van der Waals surface area contributed by atoms with Gasteiger partial charge in [0.1, 0.15) is 9.96 Å². The number of benzene rings is 1. The Morgan fingerprint density at radius 3 is 2.60 bits per heavy atom. The number of likely N-dealkylation sites (N-methyl/N-ethyl adjacent to an activating group) is 1. The van der Waals surface area contributed by atoms with Gasteiger partial charge in [0, 0.05) is 44.4 Å². The summed E-state index contributed by atoms with van der Waals surface area (Å²) in [6, 6.07) is 7.23. The lowest BCUT2D eigenvalue weighted by Crippen LogP contribution is -2.48. The van der Waals surface area contributed by atoms with Crippen molar-refractivity contribution in [2.45, 2.75) is 82.4 Å². The number of urea groups is 1. The van der Waals surface area contributed by atoms with Gasteiger partial charge in [0.05, 0.1) is 30.4 Å². The zero-order valence-corrected chi connectivity index (χ0v) is 27.5. The summed E-state index contributed by atoms with van der Waals surface area (Å²) in [5.74, 6) is -0.274. The average Bonchev–Trinajstić information content (AvgIpc) is 3.50. The van der Waals surface area contributed by atoms with Gasteiger partial charge in [-0.1, -0.05) is 13.0 Å². The Morgan fingerprint density at radius 2 is 1.95 bits per heavy atom. The Bertz CT molecular complexity index is 1300. The van der Waals surface area contributed by atoms with Crippen molar-refractivity contribution in [2.24, 2.45) is 5.92 Å². The molecule has 1 aliphatic rings. The van der Waals surface area contributed by atoms with Crippen molar-refractivity contribution in [3.63, 3.8) is 0 Å². The zero-order valence-electron chi connectivity index (χ0n) is 25.9. The smallest absolute Gasteiger partial charge is 0.319 e. The van der Waals surface area contributed by atoms with Crippen molar-refractivity contribution in [3.8, 4) is 5.75 Å². The van der Waals surface area contributed by atoms with Gasteiger partial charge in [0.2, 0.25) is 0 Å². The van der Waals surface area contributed by atoms with Crippen LogP contribution in [-0.2, 0) is 14.8 Å². The van der Waals surface area contributed by atoms with Crippen molar-refractivity contribution in [3.05, 3.63) is 41.3 Å². The summed E-state index contributed by atoms with van der Waals surface area (Å²) in [6.45, 7) is 9.75. The SMILES string of the molecule is CC(C)NC(=O)Nc1ccc2c(c1)C(=O)N([C@@H](C)CO)C[C@@H](C)[C@H](CN(C)S(=O)(=O)c1cccs1)OCCCC[C@@H](C)O2. The molecule has 11 nitrogen and oxygen atoms in total. The van der Waals surface area contributed by atoms with E-state index >= 15 is 0 Å². The highest BCUT2D eigenvalue weighted by atomic mass is 32.2. The fourth-order valence-electron chi connectivity index (χ4n) is 4.81. The first-order valence-corrected chi connectivity index (χ1v) is 17.1. The maximum absolute atomic E-state index is 14.2. The van der Waals surface area contributed by atoms with Gasteiger partial charge < -0.3 is 30.1 Å². The lowest BCUT2D eigenvalue weighted by molar-refractivity contribution is -0.00832. The number of nitrogens with zero attached hydrogens (tertiary/aromatic N) is 2. The summed E-state index contributed by atoms with van der Waals surface area (Å²) in [7, 11) is -2.16. The molecule has 1 aliphatic heterocycles. The number of fused-ring (bicyclic) bond motifs is 1. The Balaban J connectivity index is 1.96. The molecule has 0 radical (unpaired) electrons. The highest BCUT2D eigenvalue weighted by molar-refractivity contribution is 7.91. The summed E-state index contributed by atoms with van der Waals surface area (Å²) >= 11 is 1.16. The molecule has 1 aromatic heterocycles. The Morgan fingerprint density at radius 1 is 1.21 bits per heavy atom. The van der Waals surface area contributed by atoms with Crippen molar-refractivity contribution in [1.82, 2.24) is 14.5 Å². The number of carbonyl (C=O) groups is 2. The van der Waals surface area contributed by atoms with Crippen LogP contribution in [0.25, 0.3) is 0 Å². The second-order valence-electron chi connectivity index (χ2n) is 11.5. The second-order valence-corrected chi connectivity index (χ2v) is 14.7. The minimum atomic E-state index is -3.70. The van der Waals surface area contributed by atoms with Crippen molar-refractivity contribution in [1.29, 1.82) is 0 Å². The van der Waals surface area contributed by atoms with Crippen LogP contribution in [0.3, 0.4) is 0 Å². The van der Waals surface area contributed by atoms with E-state index in [0.717, 1.165) is 30.6 Å². The number of thiophene rings is 1. The van der Waals surface area contributed by atoms with E-state index < -0.39 is 28.2 Å². The molecule has 2 heterocycles. The number of nitrogens with one attached hydrogen (secondary N) is 2. The van der Waals surface area contributed by atoms with E-state index in [0.29, 0.717) is 18.0 Å². The van der Waals surface area contributed by atoms with E-state index in [1.165, 1.54) is 11.4 Å². The number of carbonyl (C=O) groups excluding carboxylic acids is 2. The molecule has 13 heteroatoms. The van der Waals surface area contributed by atoms with Gasteiger partial charge in [-0.25, -0.2) is 13.2 Å². The van der Waals surface area contributed by atoms with Crippen molar-refractivity contribution >= 4 is 39.0 Å². The minimum absolute atomic E-state index is 0.0694. The third-order valence-corrected chi connectivity index (χ3v) is 10.5. The fraction of sp³-hybridized carbons (Fsp3) is 0.600. The summed E-state index contributed by atoms with van der Waals surface area (Å²) < 4.78 is 40.4. The van der Waals surface area contributed by atoms with Crippen molar-refractivity contribution in [2.75, 3.05) is 38.7 Å². The van der Waals surface area contributed by atoms with Crippen LogP contribution < -0.4 is 15.4 Å². The quantitative estimate of drug-likeness (QED) is 0.390. The molecule has 240 valence electrons. The van der Waals surface area contributed by atoms with Crippen LogP contribution in [0.1, 0.15) is 64.2 Å². The van der Waals surface area contributed by atoms with Crippen LogP contribution >= 0.6 is 11.3 Å². The maximum Gasteiger partial charge on any atom is 0.319 e. The first-order chi connectivity index (χ1) is 20.3. The van der Waals surface area contributed by atoms with Crippen LogP contribution in [-0.4, -0.2) is 92.3 Å². The first-order valence-electron chi connectivity index (χ1n) is 14.7. The molecule has 0 saturated carbocycles. The highest BCUT2D eigenvalue weighted by Gasteiger charge is 2.32. The summed E-state index contributed by atoms with van der Waals surface area (Å²) in [4.78, 5) is 28.1. The number of amides is 3. The molecule has 0 bridgehead atoms. The minimum Gasteiger partial charge on any atom is -0.490 e. The second kappa shape index (κ2) is 15.8. The predicted octanol–water partition coefficient (Wildman–Crippen LogP) is 4.39. The van der Waals surface area contributed by atoms with Crippen LogP contribution in [0.2, 0.25) is 0 Å². The van der Waals surface area contributed by atoms with Gasteiger partial charge in [-0.05, 0) is 76.6 Å². The molecule has 0 fully saturated rings. The van der Waals surface area contributed by atoms with Crippen LogP contribution in [0.5, 0.6) is 5.75 Å². The fourth-order valence-corrected chi connectivity index (χ4v) is 7.19. The largest absolute Gasteiger partial charge is 0.490 e. The maximum atomic E-state index is 14.2. The number of hydrogen-bond acceptors (Lipinski definition) is 8. The lowest BCUT2D eigenvalue weighted by atomic mass is 10.0. The molecule has 2 aromatic rings. The molecule has 0 saturated heterocycles. The zero-order chi connectivity index (χ0) is 31.7. The van der Waals surface area contributed by atoms with E-state index in [-0.39, 0.29) is 53.4 Å². The number of ether oxygens (including phenoxy) is 2. The van der Waals surface area contributed by atoms with Crippen LogP contribution in [0.15, 0.2) is 39.9 Å². The average molecular weight is 639 g/mol. The van der Waals surface area contributed by atoms with Crippen molar-refractivity contribution < 1.29 is 32.6 Å². The number of aliphatic hydroxyl groups excluding tert-OH is 1. The molecule has 0 aliphatic carbocycles. The van der Waals surface area contributed by atoms with E-state index in [9.17, 15) is 23.1 Å². The number of hydrogen-bond donors (Lipinski definition) is 3. The molecule has 3 rings (SSSR count). The first kappa shape index (κ1) is 34.8. The standard InChI is InChI=1S/C30H46N4O7S2/c1-20(2)31-30(37)32-24-12-13-26-25(16-24)29(36)34(22(4)19-35)17-21(3)27(40-14-8-7-10-23(5)41-26)18-33(6)43(38,39)28-11-9-15-42-28/h9,11-13,15-16,20-23,27,35H,7-8,10,14,17-19H2,1-6H3,(H2,31,32,37)/t21-,22+,23-,27+/m1/s1. The monoisotopic (exact) mass is 638 g/mol. The van der Waals surface area contributed by atoms with Gasteiger partial charge in [-0.2, -0.15) is 4.31 Å². The van der Waals surface area contributed by atoms with E-state index in [4.69, 9.17) is 9.47 Å². The summed E-state index contributed by atoms with van der Waals surface area (Å²) in [5.41, 5.74) is 0.683. The van der Waals surface area contributed by atoms with E-state index in [2.05, 4.69) is 10.6 Å². The van der Waals surface area contributed by atoms with Gasteiger partial charge in [0.25, 0.3) is 15.9 Å². The summed E-state index contributed by atoms with van der Waals surface area (Å²) in [5, 5.41) is 17.4. The molecule has 3 amide bonds. The van der Waals surface area contributed by atoms with Gasteiger partial charge >= 0.3 is 6.03 Å². The molecule has 4 atom stereocenters. The molecular weight excluding hydrogens is 592 g/mol. The Kier molecular flexibility index (Phi) is 12.8. The molecule has 0 spiro atoms. The van der Waals surface area contributed by atoms with Gasteiger partial charge in [-0.15, -0.1) is 11.3 Å². The van der Waals surface area contributed by atoms with Gasteiger partial charge in [0.15, 0.2) is 0 Å². The third kappa shape index (κ3) is 9.64. The predicted molar refractivity (Wildman–Crippen MR) is 168 cm³/mol. The molecular formula is C30H46N4O7S2. The summed E-state index contributed by atoms with van der Waals surface area (Å²) in [6.07, 6.45) is 1.59. The number of sulfonamides is 1. The normalized spacial score (nSPS) is 21.6. The third-order valence-electron chi connectivity index (χ3n) is 7.33. The molecule has 43 heavy (non-hydrogen) atoms.